The van der Waals surface area contributed by atoms with Gasteiger partial charge in [0.15, 0.2) is 0 Å². The quantitative estimate of drug-likeness (QED) is 0.468. The lowest BCUT2D eigenvalue weighted by molar-refractivity contribution is -0.137. The van der Waals surface area contributed by atoms with E-state index >= 15 is 0 Å². The van der Waals surface area contributed by atoms with Gasteiger partial charge in [0.2, 0.25) is 5.91 Å². The fraction of sp³-hybridized carbons (Fsp3) is 0.417. The minimum atomic E-state index is -0.592. The van der Waals surface area contributed by atoms with Crippen LogP contribution in [0.2, 0.25) is 0 Å². The van der Waals surface area contributed by atoms with Crippen LogP contribution in [0, 0.1) is 23.5 Å². The molecule has 164 valence electrons. The van der Waals surface area contributed by atoms with E-state index in [1.165, 1.54) is 30.1 Å². The third-order valence-corrected chi connectivity index (χ3v) is 6.50. The van der Waals surface area contributed by atoms with Crippen molar-refractivity contribution in [1.82, 2.24) is 4.90 Å². The van der Waals surface area contributed by atoms with Crippen molar-refractivity contribution in [3.8, 4) is 11.1 Å². The first-order valence-corrected chi connectivity index (χ1v) is 11.6. The van der Waals surface area contributed by atoms with Gasteiger partial charge in [-0.05, 0) is 54.0 Å². The predicted molar refractivity (Wildman–Crippen MR) is 120 cm³/mol. The normalized spacial score (nSPS) is 25.7. The second-order valence-corrected chi connectivity index (χ2v) is 8.74. The molecule has 1 unspecified atom stereocenters. The molecule has 1 saturated carbocycles. The van der Waals surface area contributed by atoms with Crippen LogP contribution >= 0.6 is 11.9 Å². The number of likely N-dealkylation sites (tertiary alicyclic amines) is 1. The van der Waals surface area contributed by atoms with E-state index in [1.54, 1.807) is 19.2 Å². The van der Waals surface area contributed by atoms with Crippen molar-refractivity contribution in [3.05, 3.63) is 59.7 Å². The number of methoxy groups -OCH3 is 1. The molecule has 1 amide bonds. The van der Waals surface area contributed by atoms with Crippen molar-refractivity contribution < 1.29 is 18.3 Å². The van der Waals surface area contributed by atoms with E-state index < -0.39 is 11.6 Å². The van der Waals surface area contributed by atoms with E-state index in [1.807, 2.05) is 29.5 Å². The highest BCUT2D eigenvalue weighted by atomic mass is 32.2. The largest absolute Gasteiger partial charge is 0.380 e. The Labute approximate surface area is 185 Å². The molecule has 1 aliphatic carbocycles. The average Bonchev–Trinajstić information content (AvgIpc) is 3.58. The molecule has 31 heavy (non-hydrogen) atoms. The molecule has 7 heteroatoms. The Balaban J connectivity index is 1.54. The average molecular weight is 445 g/mol. The first kappa shape index (κ1) is 22.0. The first-order chi connectivity index (χ1) is 15.0. The summed E-state index contributed by atoms with van der Waals surface area (Å²) < 4.78 is 38.7. The lowest BCUT2D eigenvalue weighted by Gasteiger charge is -2.36. The number of carbonyl (C=O) groups excluding carboxylic acids is 1. The van der Waals surface area contributed by atoms with Gasteiger partial charge >= 0.3 is 0 Å². The van der Waals surface area contributed by atoms with Gasteiger partial charge in [0.1, 0.15) is 11.6 Å². The van der Waals surface area contributed by atoms with Gasteiger partial charge < -0.3 is 9.64 Å². The molecule has 0 bridgehead atoms. The third kappa shape index (κ3) is 4.67. The minimum absolute atomic E-state index is 0.0204. The molecule has 2 aliphatic rings. The van der Waals surface area contributed by atoms with Crippen molar-refractivity contribution in [3.63, 3.8) is 0 Å². The number of hydrogen-bond donors (Lipinski definition) is 0. The van der Waals surface area contributed by atoms with Crippen molar-refractivity contribution in [1.29, 1.82) is 0 Å². The third-order valence-electron chi connectivity index (χ3n) is 6.17. The van der Waals surface area contributed by atoms with E-state index in [0.717, 1.165) is 12.0 Å². The van der Waals surface area contributed by atoms with E-state index in [9.17, 15) is 13.6 Å². The molecule has 2 aromatic carbocycles. The van der Waals surface area contributed by atoms with Gasteiger partial charge in [-0.15, -0.1) is 0 Å². The monoisotopic (exact) mass is 444 g/mol. The zero-order chi connectivity index (χ0) is 22.0. The number of amides is 1. The summed E-state index contributed by atoms with van der Waals surface area (Å²) in [6.45, 7) is 1.18. The lowest BCUT2D eigenvalue weighted by atomic mass is 9.94. The number of hydrogen-bond acceptors (Lipinski definition) is 4. The van der Waals surface area contributed by atoms with Gasteiger partial charge in [0.05, 0.1) is 11.7 Å². The molecular formula is C24H26F2N2O2S. The first-order valence-electron chi connectivity index (χ1n) is 10.4. The van der Waals surface area contributed by atoms with Crippen LogP contribution in [0.25, 0.3) is 11.1 Å². The number of benzene rings is 2. The lowest BCUT2D eigenvalue weighted by Crippen LogP contribution is -2.48. The highest BCUT2D eigenvalue weighted by Gasteiger charge is 2.48. The zero-order valence-corrected chi connectivity index (χ0v) is 18.4. The molecule has 0 spiro atoms. The Morgan fingerprint density at radius 1 is 1.13 bits per heavy atom. The van der Waals surface area contributed by atoms with Gasteiger partial charge in [-0.1, -0.05) is 30.3 Å². The van der Waals surface area contributed by atoms with Crippen LogP contribution in [-0.4, -0.2) is 49.6 Å². The minimum Gasteiger partial charge on any atom is -0.380 e. The highest BCUT2D eigenvalue weighted by Crippen LogP contribution is 2.51. The maximum absolute atomic E-state index is 14.4. The van der Waals surface area contributed by atoms with Gasteiger partial charge in [0.25, 0.3) is 0 Å². The van der Waals surface area contributed by atoms with Crippen molar-refractivity contribution in [2.75, 3.05) is 26.5 Å². The maximum Gasteiger partial charge on any atom is 0.226 e. The Hall–Kier alpha value is -2.25. The highest BCUT2D eigenvalue weighted by molar-refractivity contribution is 7.97. The number of carbonyl (C=O) groups is 1. The maximum atomic E-state index is 14.4. The molecule has 4 atom stereocenters. The smallest absolute Gasteiger partial charge is 0.226 e. The predicted octanol–water partition coefficient (Wildman–Crippen LogP) is 4.95. The topological polar surface area (TPSA) is 41.9 Å². The second kappa shape index (κ2) is 9.49. The molecule has 2 aromatic rings. The molecule has 2 fully saturated rings. The Bertz CT molecular complexity index is 964. The van der Waals surface area contributed by atoms with E-state index in [4.69, 9.17) is 4.74 Å². The molecular weight excluding hydrogens is 418 g/mol. The zero-order valence-electron chi connectivity index (χ0n) is 17.6. The van der Waals surface area contributed by atoms with Crippen molar-refractivity contribution >= 4 is 24.1 Å². The summed E-state index contributed by atoms with van der Waals surface area (Å²) in [5, 5.41) is 0. The molecule has 0 radical (unpaired) electrons. The summed E-state index contributed by atoms with van der Waals surface area (Å²) in [6, 6.07) is 11.1. The summed E-state index contributed by atoms with van der Waals surface area (Å²) in [4.78, 5) is 15.1. The Kier molecular flexibility index (Phi) is 6.72. The fourth-order valence-corrected chi connectivity index (χ4v) is 4.84. The molecule has 1 aliphatic heterocycles. The van der Waals surface area contributed by atoms with Gasteiger partial charge in [-0.2, -0.15) is 0 Å². The molecule has 0 aromatic heterocycles. The van der Waals surface area contributed by atoms with E-state index in [0.29, 0.717) is 25.1 Å². The van der Waals surface area contributed by atoms with Crippen LogP contribution in [0.5, 0.6) is 0 Å². The van der Waals surface area contributed by atoms with Crippen LogP contribution < -0.4 is 0 Å². The Morgan fingerprint density at radius 3 is 2.58 bits per heavy atom. The van der Waals surface area contributed by atoms with Crippen molar-refractivity contribution in [2.24, 2.45) is 16.2 Å². The summed E-state index contributed by atoms with van der Waals surface area (Å²) in [6.07, 6.45) is 5.31. The summed E-state index contributed by atoms with van der Waals surface area (Å²) in [5.74, 6) is -1.16. The van der Waals surface area contributed by atoms with Gasteiger partial charge in [-0.3, -0.25) is 4.79 Å². The molecule has 1 heterocycles. The number of piperidine rings is 1. The van der Waals surface area contributed by atoms with Crippen LogP contribution in [0.15, 0.2) is 46.9 Å². The number of halogens is 2. The standard InChI is InChI=1S/C24H26F2N2O2S/c1-30-16-10-15(12-27-31-2)13-28(14-16)24(29)20-11-19(20)17-6-3-4-7-18(17)23-21(25)8-5-9-22(23)26/h3-9,12,15-16,19-20H,10-11,13-14H2,1-2H3/b27-12+/t15?,16-,19-,20+/m0/s1. The summed E-state index contributed by atoms with van der Waals surface area (Å²) in [5.41, 5.74) is 1.32. The van der Waals surface area contributed by atoms with Crippen molar-refractivity contribution in [2.45, 2.75) is 24.9 Å². The Morgan fingerprint density at radius 2 is 1.87 bits per heavy atom. The number of ether oxygens (including phenoxy) is 1. The van der Waals surface area contributed by atoms with Crippen LogP contribution in [-0.2, 0) is 9.53 Å². The fourth-order valence-electron chi connectivity index (χ4n) is 4.55. The summed E-state index contributed by atoms with van der Waals surface area (Å²) in [7, 11) is 1.67. The molecule has 1 saturated heterocycles. The van der Waals surface area contributed by atoms with Gasteiger partial charge in [-0.25, -0.2) is 13.2 Å². The van der Waals surface area contributed by atoms with E-state index in [-0.39, 0.29) is 35.3 Å². The molecule has 0 N–H and O–H groups in total. The number of nitrogens with zero attached hydrogens (tertiary/aromatic N) is 2. The SMILES string of the molecule is CO[C@H]1CC(/C=N/SC)CN(C(=O)[C@@H]2C[C@H]2c2ccccc2-c2c(F)cccc2F)C1. The summed E-state index contributed by atoms with van der Waals surface area (Å²) >= 11 is 1.40. The molecule has 4 rings (SSSR count). The van der Waals surface area contributed by atoms with Crippen LogP contribution in [0.4, 0.5) is 8.78 Å². The molecule has 4 nitrogen and oxygen atoms in total. The van der Waals surface area contributed by atoms with E-state index in [2.05, 4.69) is 4.40 Å². The van der Waals surface area contributed by atoms with Crippen LogP contribution in [0.1, 0.15) is 24.3 Å². The van der Waals surface area contributed by atoms with Gasteiger partial charge in [0, 0.05) is 44.5 Å². The van der Waals surface area contributed by atoms with Crippen LogP contribution in [0.3, 0.4) is 0 Å². The second-order valence-electron chi connectivity index (χ2n) is 8.17. The number of rotatable bonds is 6.